The second-order valence-corrected chi connectivity index (χ2v) is 2.39. The molecule has 3 nitrogen and oxygen atoms in total. The summed E-state index contributed by atoms with van der Waals surface area (Å²) >= 11 is 0. The molecule has 2 rings (SSSR count). The van der Waals surface area contributed by atoms with E-state index in [0.717, 1.165) is 0 Å². The van der Waals surface area contributed by atoms with Crippen LogP contribution < -0.4 is 0 Å². The monoisotopic (exact) mass is 161 g/mol. The number of nitrogens with zero attached hydrogens (tertiary/aromatic N) is 3. The molecule has 0 saturated carbocycles. The fraction of sp³-hybridized carbons (Fsp3) is 0. The van der Waals surface area contributed by atoms with Gasteiger partial charge in [0, 0.05) is 5.39 Å². The molecule has 0 amide bonds. The summed E-state index contributed by atoms with van der Waals surface area (Å²) in [5.41, 5.74) is 0.893. The Kier molecular flexibility index (Phi) is 1.31. The predicted octanol–water partition coefficient (Wildman–Crippen LogP) is 1.64. The number of fused-ring (bicyclic) bond motifs is 1. The Morgan fingerprint density at radius 2 is 2.33 bits per heavy atom. The van der Waals surface area contributed by atoms with Crippen LogP contribution in [0.5, 0.6) is 0 Å². The molecule has 0 saturated heterocycles. The minimum Gasteiger partial charge on any atom is -0.192 e. The number of rotatable bonds is 0. The van der Waals surface area contributed by atoms with E-state index >= 15 is 0 Å². The highest BCUT2D eigenvalue weighted by Crippen LogP contribution is 2.14. The van der Waals surface area contributed by atoms with Gasteiger partial charge in [-0.05, 0) is 18.2 Å². The van der Waals surface area contributed by atoms with E-state index in [2.05, 4.69) is 5.10 Å². The SMILES string of the molecule is N#Cc1ccc2c(cnn2F)c1. The predicted molar refractivity (Wildman–Crippen MR) is 41.0 cm³/mol. The van der Waals surface area contributed by atoms with Gasteiger partial charge in [-0.1, -0.05) is 9.39 Å². The van der Waals surface area contributed by atoms with Gasteiger partial charge in [-0.15, -0.1) is 5.10 Å². The molecule has 0 bridgehead atoms. The van der Waals surface area contributed by atoms with E-state index in [1.165, 1.54) is 12.3 Å². The van der Waals surface area contributed by atoms with Gasteiger partial charge < -0.3 is 0 Å². The van der Waals surface area contributed by atoms with Crippen molar-refractivity contribution in [3.8, 4) is 6.07 Å². The van der Waals surface area contributed by atoms with Crippen molar-refractivity contribution in [2.75, 3.05) is 0 Å². The molecular weight excluding hydrogens is 157 g/mol. The molecule has 4 heteroatoms. The zero-order valence-corrected chi connectivity index (χ0v) is 6.03. The molecule has 0 spiro atoms. The lowest BCUT2D eigenvalue weighted by Gasteiger charge is -1.89. The number of hydrogen-bond acceptors (Lipinski definition) is 2. The van der Waals surface area contributed by atoms with Crippen molar-refractivity contribution in [2.45, 2.75) is 0 Å². The van der Waals surface area contributed by atoms with Crippen LogP contribution in [0.4, 0.5) is 4.48 Å². The molecule has 12 heavy (non-hydrogen) atoms. The van der Waals surface area contributed by atoms with Gasteiger partial charge in [0.1, 0.15) is 5.52 Å². The van der Waals surface area contributed by atoms with Crippen molar-refractivity contribution >= 4 is 10.9 Å². The number of aromatic nitrogens is 2. The smallest absolute Gasteiger partial charge is 0.104 e. The van der Waals surface area contributed by atoms with Crippen molar-refractivity contribution in [1.82, 2.24) is 10.0 Å². The Balaban J connectivity index is 2.80. The van der Waals surface area contributed by atoms with Crippen molar-refractivity contribution in [3.05, 3.63) is 30.0 Å². The summed E-state index contributed by atoms with van der Waals surface area (Å²) in [5, 5.41) is 12.6. The van der Waals surface area contributed by atoms with Crippen LogP contribution in [0.15, 0.2) is 24.4 Å². The van der Waals surface area contributed by atoms with Crippen molar-refractivity contribution in [2.24, 2.45) is 0 Å². The molecular formula is C8H4FN3. The number of halogens is 1. The van der Waals surface area contributed by atoms with E-state index in [1.807, 2.05) is 6.07 Å². The summed E-state index contributed by atoms with van der Waals surface area (Å²) in [6.07, 6.45) is 1.39. The van der Waals surface area contributed by atoms with Gasteiger partial charge in [0.2, 0.25) is 0 Å². The van der Waals surface area contributed by atoms with E-state index in [0.29, 0.717) is 16.5 Å². The first-order valence-corrected chi connectivity index (χ1v) is 3.35. The van der Waals surface area contributed by atoms with Gasteiger partial charge >= 0.3 is 0 Å². The van der Waals surface area contributed by atoms with Crippen LogP contribution in [-0.4, -0.2) is 10.0 Å². The second kappa shape index (κ2) is 2.31. The van der Waals surface area contributed by atoms with Crippen LogP contribution in [0.2, 0.25) is 0 Å². The third-order valence-electron chi connectivity index (χ3n) is 1.65. The van der Waals surface area contributed by atoms with Crippen LogP contribution >= 0.6 is 0 Å². The fourth-order valence-electron chi connectivity index (χ4n) is 1.07. The minimum absolute atomic E-state index is 0.288. The van der Waals surface area contributed by atoms with E-state index in [4.69, 9.17) is 5.26 Å². The zero-order valence-electron chi connectivity index (χ0n) is 6.03. The molecule has 1 aromatic heterocycles. The lowest BCUT2D eigenvalue weighted by molar-refractivity contribution is 0.332. The molecule has 0 aliphatic carbocycles. The fourth-order valence-corrected chi connectivity index (χ4v) is 1.07. The van der Waals surface area contributed by atoms with Gasteiger partial charge in [0.15, 0.2) is 0 Å². The van der Waals surface area contributed by atoms with Gasteiger partial charge in [-0.2, -0.15) is 5.26 Å². The molecule has 0 atom stereocenters. The molecule has 0 aliphatic rings. The summed E-state index contributed by atoms with van der Waals surface area (Å²) < 4.78 is 12.7. The number of hydrogen-bond donors (Lipinski definition) is 0. The van der Waals surface area contributed by atoms with Crippen molar-refractivity contribution in [1.29, 1.82) is 5.26 Å². The molecule has 0 fully saturated rings. The van der Waals surface area contributed by atoms with Crippen LogP contribution in [0.25, 0.3) is 10.9 Å². The highest BCUT2D eigenvalue weighted by molar-refractivity contribution is 5.79. The lowest BCUT2D eigenvalue weighted by Crippen LogP contribution is -1.82. The second-order valence-electron chi connectivity index (χ2n) is 2.39. The molecule has 58 valence electrons. The van der Waals surface area contributed by atoms with E-state index in [-0.39, 0.29) is 4.90 Å². The lowest BCUT2D eigenvalue weighted by atomic mass is 10.2. The Hall–Kier alpha value is -1.89. The first-order chi connectivity index (χ1) is 5.81. The molecule has 2 aromatic rings. The largest absolute Gasteiger partial charge is 0.192 e. The summed E-state index contributed by atoms with van der Waals surface area (Å²) in [7, 11) is 0. The van der Waals surface area contributed by atoms with Gasteiger partial charge in [-0.25, -0.2) is 0 Å². The quantitative estimate of drug-likeness (QED) is 0.589. The van der Waals surface area contributed by atoms with E-state index in [1.54, 1.807) is 12.1 Å². The molecule has 1 aromatic carbocycles. The average Bonchev–Trinajstić information content (AvgIpc) is 2.47. The molecule has 0 aliphatic heterocycles. The third-order valence-corrected chi connectivity index (χ3v) is 1.65. The maximum atomic E-state index is 12.7. The maximum Gasteiger partial charge on any atom is 0.104 e. The van der Waals surface area contributed by atoms with E-state index in [9.17, 15) is 4.48 Å². The highest BCUT2D eigenvalue weighted by Gasteiger charge is 2.01. The van der Waals surface area contributed by atoms with E-state index < -0.39 is 0 Å². The summed E-state index contributed by atoms with van der Waals surface area (Å²) in [6, 6.07) is 6.65. The van der Waals surface area contributed by atoms with Crippen LogP contribution in [0.3, 0.4) is 0 Å². The Labute approximate surface area is 67.6 Å². The Morgan fingerprint density at radius 3 is 3.08 bits per heavy atom. The summed E-state index contributed by atoms with van der Waals surface area (Å²) in [6.45, 7) is 0. The van der Waals surface area contributed by atoms with Gasteiger partial charge in [0.05, 0.1) is 17.8 Å². The minimum atomic E-state index is 0.288. The first kappa shape index (κ1) is 6.80. The van der Waals surface area contributed by atoms with Crippen molar-refractivity contribution in [3.63, 3.8) is 0 Å². The molecule has 0 N–H and O–H groups in total. The third kappa shape index (κ3) is 0.839. The molecule has 0 unspecified atom stereocenters. The molecule has 0 radical (unpaired) electrons. The number of nitriles is 1. The normalized spacial score (nSPS) is 10.0. The zero-order chi connectivity index (χ0) is 8.55. The van der Waals surface area contributed by atoms with Gasteiger partial charge in [-0.3, -0.25) is 0 Å². The topological polar surface area (TPSA) is 41.6 Å². The van der Waals surface area contributed by atoms with Crippen molar-refractivity contribution < 1.29 is 4.48 Å². The summed E-state index contributed by atoms with van der Waals surface area (Å²) in [5.74, 6) is 0. The standard InChI is InChI=1S/C8H4FN3/c9-12-8-2-1-6(4-10)3-7(8)5-11-12/h1-3,5H. The Morgan fingerprint density at radius 1 is 1.50 bits per heavy atom. The maximum absolute atomic E-state index is 12.7. The highest BCUT2D eigenvalue weighted by atomic mass is 19.2. The number of benzene rings is 1. The summed E-state index contributed by atoms with van der Waals surface area (Å²) in [4.78, 5) is 0.288. The molecule has 1 heterocycles. The first-order valence-electron chi connectivity index (χ1n) is 3.35. The average molecular weight is 161 g/mol. The van der Waals surface area contributed by atoms with Gasteiger partial charge in [0.25, 0.3) is 0 Å². The van der Waals surface area contributed by atoms with Crippen LogP contribution in [0.1, 0.15) is 5.56 Å². The Bertz CT molecular complexity index is 467. The van der Waals surface area contributed by atoms with Crippen LogP contribution in [-0.2, 0) is 0 Å². The van der Waals surface area contributed by atoms with Crippen LogP contribution in [0, 0.1) is 11.3 Å².